The number of hydrogen-bond donors (Lipinski definition) is 0. The van der Waals surface area contributed by atoms with Crippen molar-refractivity contribution in [1.82, 2.24) is 9.88 Å². The Morgan fingerprint density at radius 1 is 1.33 bits per heavy atom. The first-order valence-electron chi connectivity index (χ1n) is 8.56. The van der Waals surface area contributed by atoms with Gasteiger partial charge in [-0.2, -0.15) is 0 Å². The van der Waals surface area contributed by atoms with Gasteiger partial charge in [0.25, 0.3) is 0 Å². The molecule has 1 saturated heterocycles. The minimum absolute atomic E-state index is 0.184. The second-order valence-electron chi connectivity index (χ2n) is 6.70. The van der Waals surface area contributed by atoms with Crippen molar-refractivity contribution < 1.29 is 4.79 Å². The zero-order chi connectivity index (χ0) is 16.9. The number of carbonyl (C=O) groups excluding carboxylic acids is 1. The van der Waals surface area contributed by atoms with Crippen LogP contribution >= 0.6 is 11.6 Å². The van der Waals surface area contributed by atoms with E-state index in [4.69, 9.17) is 11.6 Å². The molecule has 2 unspecified atom stereocenters. The zero-order valence-corrected chi connectivity index (χ0v) is 14.7. The maximum Gasteiger partial charge on any atom is 0.230 e. The van der Waals surface area contributed by atoms with E-state index in [1.165, 1.54) is 6.42 Å². The Morgan fingerprint density at radius 3 is 2.79 bits per heavy atom. The largest absolute Gasteiger partial charge is 0.342 e. The topological polar surface area (TPSA) is 33.2 Å². The fourth-order valence-corrected chi connectivity index (χ4v) is 3.53. The minimum Gasteiger partial charge on any atom is -0.342 e. The molecule has 0 bridgehead atoms. The van der Waals surface area contributed by atoms with Gasteiger partial charge in [0, 0.05) is 30.5 Å². The van der Waals surface area contributed by atoms with Crippen molar-refractivity contribution >= 4 is 17.5 Å². The van der Waals surface area contributed by atoms with Crippen molar-refractivity contribution in [3.05, 3.63) is 64.9 Å². The number of aromatic nitrogens is 1. The summed E-state index contributed by atoms with van der Waals surface area (Å²) in [7, 11) is 0. The van der Waals surface area contributed by atoms with Crippen LogP contribution in [-0.2, 0) is 11.2 Å². The summed E-state index contributed by atoms with van der Waals surface area (Å²) >= 11 is 6.02. The van der Waals surface area contributed by atoms with E-state index in [0.717, 1.165) is 30.6 Å². The highest BCUT2D eigenvalue weighted by Gasteiger charge is 2.29. The van der Waals surface area contributed by atoms with Gasteiger partial charge in [-0.1, -0.05) is 36.7 Å². The number of carbonyl (C=O) groups is 1. The molecule has 24 heavy (non-hydrogen) atoms. The van der Waals surface area contributed by atoms with Crippen LogP contribution in [-0.4, -0.2) is 28.9 Å². The van der Waals surface area contributed by atoms with E-state index in [1.807, 2.05) is 47.5 Å². The van der Waals surface area contributed by atoms with Crippen LogP contribution in [0.5, 0.6) is 0 Å². The molecule has 2 atom stereocenters. The van der Waals surface area contributed by atoms with Gasteiger partial charge in [0.05, 0.1) is 5.92 Å². The van der Waals surface area contributed by atoms with E-state index in [1.54, 1.807) is 6.20 Å². The number of halogens is 1. The normalized spacial score (nSPS) is 19.1. The first-order valence-corrected chi connectivity index (χ1v) is 8.94. The van der Waals surface area contributed by atoms with E-state index < -0.39 is 0 Å². The van der Waals surface area contributed by atoms with Crippen LogP contribution in [0.15, 0.2) is 48.8 Å². The van der Waals surface area contributed by atoms with Crippen LogP contribution in [0.4, 0.5) is 0 Å². The van der Waals surface area contributed by atoms with Gasteiger partial charge in [0.1, 0.15) is 0 Å². The molecule has 126 valence electrons. The van der Waals surface area contributed by atoms with Crippen molar-refractivity contribution in [3.63, 3.8) is 0 Å². The summed E-state index contributed by atoms with van der Waals surface area (Å²) in [5, 5.41) is 0.693. The van der Waals surface area contributed by atoms with Crippen LogP contribution in [0, 0.1) is 5.92 Å². The third-order valence-electron chi connectivity index (χ3n) is 4.70. The molecule has 1 aromatic carbocycles. The van der Waals surface area contributed by atoms with Gasteiger partial charge in [-0.3, -0.25) is 9.78 Å². The van der Waals surface area contributed by atoms with Crippen molar-refractivity contribution in [3.8, 4) is 0 Å². The molecule has 4 heteroatoms. The fourth-order valence-electron chi connectivity index (χ4n) is 3.41. The highest BCUT2D eigenvalue weighted by molar-refractivity contribution is 6.30. The Bertz CT molecular complexity index is 672. The summed E-state index contributed by atoms with van der Waals surface area (Å²) in [6.07, 6.45) is 6.56. The van der Waals surface area contributed by atoms with Crippen molar-refractivity contribution in [2.24, 2.45) is 5.92 Å². The zero-order valence-electron chi connectivity index (χ0n) is 14.0. The maximum absolute atomic E-state index is 13.2. The van der Waals surface area contributed by atoms with Gasteiger partial charge >= 0.3 is 0 Å². The molecule has 1 fully saturated rings. The molecule has 1 aliphatic rings. The smallest absolute Gasteiger partial charge is 0.230 e. The van der Waals surface area contributed by atoms with Gasteiger partial charge in [0.15, 0.2) is 0 Å². The Balaban J connectivity index is 1.86. The number of likely N-dealkylation sites (tertiary alicyclic amines) is 1. The number of piperidine rings is 1. The minimum atomic E-state index is -0.184. The van der Waals surface area contributed by atoms with E-state index in [-0.39, 0.29) is 11.8 Å². The molecule has 3 rings (SSSR count). The highest BCUT2D eigenvalue weighted by atomic mass is 35.5. The van der Waals surface area contributed by atoms with Crippen molar-refractivity contribution in [2.75, 3.05) is 13.1 Å². The van der Waals surface area contributed by atoms with Gasteiger partial charge in [-0.05, 0) is 54.5 Å². The number of nitrogens with zero attached hydrogens (tertiary/aromatic N) is 2. The molecular weight excluding hydrogens is 320 g/mol. The summed E-state index contributed by atoms with van der Waals surface area (Å²) in [5.41, 5.74) is 2.10. The lowest BCUT2D eigenvalue weighted by molar-refractivity contribution is -0.134. The molecule has 0 aliphatic carbocycles. The molecule has 2 aromatic rings. The quantitative estimate of drug-likeness (QED) is 0.829. The molecule has 0 radical (unpaired) electrons. The van der Waals surface area contributed by atoms with Crippen LogP contribution in [0.3, 0.4) is 0 Å². The van der Waals surface area contributed by atoms with Crippen LogP contribution in [0.2, 0.25) is 5.02 Å². The maximum atomic E-state index is 13.2. The standard InChI is InChI=1S/C20H23ClN2O/c1-15-4-3-11-23(14-15)20(24)19(12-16-5-2-10-22-13-16)17-6-8-18(21)9-7-17/h2,5-10,13,15,19H,3-4,11-12,14H2,1H3. The second-order valence-corrected chi connectivity index (χ2v) is 7.14. The fraction of sp³-hybridized carbons (Fsp3) is 0.400. The van der Waals surface area contributed by atoms with Crippen LogP contribution in [0.1, 0.15) is 36.8 Å². The Labute approximate surface area is 148 Å². The summed E-state index contributed by atoms with van der Waals surface area (Å²) in [4.78, 5) is 19.4. The summed E-state index contributed by atoms with van der Waals surface area (Å²) < 4.78 is 0. The molecule has 1 amide bonds. The number of benzene rings is 1. The number of rotatable bonds is 4. The average Bonchev–Trinajstić information content (AvgIpc) is 2.61. The van der Waals surface area contributed by atoms with E-state index in [2.05, 4.69) is 11.9 Å². The lowest BCUT2D eigenvalue weighted by Gasteiger charge is -2.34. The molecule has 0 spiro atoms. The molecule has 0 saturated carbocycles. The van der Waals surface area contributed by atoms with Crippen molar-refractivity contribution in [1.29, 1.82) is 0 Å². The predicted octanol–water partition coefficient (Wildman–Crippen LogP) is 4.32. The average molecular weight is 343 g/mol. The second kappa shape index (κ2) is 7.80. The first kappa shape index (κ1) is 17.0. The Kier molecular flexibility index (Phi) is 5.52. The lowest BCUT2D eigenvalue weighted by Crippen LogP contribution is -2.42. The molecule has 2 heterocycles. The third kappa shape index (κ3) is 4.15. The monoisotopic (exact) mass is 342 g/mol. The summed E-state index contributed by atoms with van der Waals surface area (Å²) in [6, 6.07) is 11.6. The van der Waals surface area contributed by atoms with Crippen LogP contribution < -0.4 is 0 Å². The van der Waals surface area contributed by atoms with E-state index >= 15 is 0 Å². The predicted molar refractivity (Wildman–Crippen MR) is 97.1 cm³/mol. The van der Waals surface area contributed by atoms with Gasteiger partial charge in [0.2, 0.25) is 5.91 Å². The van der Waals surface area contributed by atoms with E-state index in [0.29, 0.717) is 17.4 Å². The molecule has 1 aliphatic heterocycles. The lowest BCUT2D eigenvalue weighted by atomic mass is 9.89. The van der Waals surface area contributed by atoms with Crippen LogP contribution in [0.25, 0.3) is 0 Å². The summed E-state index contributed by atoms with van der Waals surface area (Å²) in [6.45, 7) is 3.94. The highest BCUT2D eigenvalue weighted by Crippen LogP contribution is 2.27. The molecule has 3 nitrogen and oxygen atoms in total. The Morgan fingerprint density at radius 2 is 2.12 bits per heavy atom. The van der Waals surface area contributed by atoms with Gasteiger partial charge < -0.3 is 4.90 Å². The SMILES string of the molecule is CC1CCCN(C(=O)C(Cc2cccnc2)c2ccc(Cl)cc2)C1. The van der Waals surface area contributed by atoms with E-state index in [9.17, 15) is 4.79 Å². The number of pyridine rings is 1. The van der Waals surface area contributed by atoms with Gasteiger partial charge in [-0.25, -0.2) is 0 Å². The van der Waals surface area contributed by atoms with Crippen molar-refractivity contribution in [2.45, 2.75) is 32.1 Å². The molecular formula is C20H23ClN2O. The number of hydrogen-bond acceptors (Lipinski definition) is 2. The molecule has 1 aromatic heterocycles. The number of amides is 1. The van der Waals surface area contributed by atoms with Gasteiger partial charge in [-0.15, -0.1) is 0 Å². The summed E-state index contributed by atoms with van der Waals surface area (Å²) in [5.74, 6) is 0.608. The third-order valence-corrected chi connectivity index (χ3v) is 4.95. The first-order chi connectivity index (χ1) is 11.6. The Hall–Kier alpha value is -1.87. The molecule has 0 N–H and O–H groups in total.